The zero-order valence-electron chi connectivity index (χ0n) is 7.10. The third kappa shape index (κ3) is 2.89. The Kier molecular flexibility index (Phi) is 3.72. The van der Waals surface area contributed by atoms with Gasteiger partial charge in [0.1, 0.15) is 0 Å². The first-order chi connectivity index (χ1) is 6.63. The molecule has 0 spiro atoms. The molecule has 0 saturated heterocycles. The van der Waals surface area contributed by atoms with Crippen molar-refractivity contribution < 1.29 is 9.00 Å². The molecule has 0 aliphatic heterocycles. The molecule has 1 rings (SSSR count). The van der Waals surface area contributed by atoms with Gasteiger partial charge in [-0.05, 0) is 0 Å². The zero-order valence-corrected chi connectivity index (χ0v) is 8.73. The topological polar surface area (TPSA) is 98.0 Å². The van der Waals surface area contributed by atoms with Gasteiger partial charge in [-0.25, -0.2) is 4.79 Å². The van der Waals surface area contributed by atoms with Crippen molar-refractivity contribution in [2.24, 2.45) is 5.73 Å². The Morgan fingerprint density at radius 3 is 3.00 bits per heavy atom. The van der Waals surface area contributed by atoms with E-state index in [0.717, 1.165) is 11.3 Å². The summed E-state index contributed by atoms with van der Waals surface area (Å²) in [5.74, 6) is 0.311. The molecule has 8 heteroatoms. The van der Waals surface area contributed by atoms with Gasteiger partial charge in [-0.1, -0.05) is 17.4 Å². The summed E-state index contributed by atoms with van der Waals surface area (Å²) in [6.07, 6.45) is 1.53. The SMILES string of the molecule is C=CCS(=O)c1nnc(NC(N)=O)s1. The van der Waals surface area contributed by atoms with Crippen molar-refractivity contribution in [2.45, 2.75) is 4.34 Å². The highest BCUT2D eigenvalue weighted by Gasteiger charge is 2.10. The second-order valence-electron chi connectivity index (χ2n) is 2.16. The molecule has 2 amide bonds. The van der Waals surface area contributed by atoms with Crippen molar-refractivity contribution in [3.8, 4) is 0 Å². The summed E-state index contributed by atoms with van der Waals surface area (Å²) in [4.78, 5) is 10.4. The van der Waals surface area contributed by atoms with E-state index in [2.05, 4.69) is 22.1 Å². The second kappa shape index (κ2) is 4.82. The molecule has 0 bridgehead atoms. The van der Waals surface area contributed by atoms with Gasteiger partial charge in [0.2, 0.25) is 9.47 Å². The van der Waals surface area contributed by atoms with Gasteiger partial charge < -0.3 is 5.73 Å². The van der Waals surface area contributed by atoms with Gasteiger partial charge in [0.15, 0.2) is 0 Å². The van der Waals surface area contributed by atoms with Crippen molar-refractivity contribution in [3.05, 3.63) is 12.7 Å². The van der Waals surface area contributed by atoms with E-state index in [4.69, 9.17) is 5.73 Å². The minimum Gasteiger partial charge on any atom is -0.351 e. The van der Waals surface area contributed by atoms with Crippen molar-refractivity contribution in [3.63, 3.8) is 0 Å². The van der Waals surface area contributed by atoms with E-state index in [-0.39, 0.29) is 5.13 Å². The van der Waals surface area contributed by atoms with Crippen LogP contribution >= 0.6 is 11.3 Å². The van der Waals surface area contributed by atoms with Gasteiger partial charge in [0.25, 0.3) is 0 Å². The Balaban J connectivity index is 2.72. The van der Waals surface area contributed by atoms with Gasteiger partial charge >= 0.3 is 6.03 Å². The standard InChI is InChI=1S/C6H8N4O2S2/c1-2-3-14(12)6-10-9-5(13-6)8-4(7)11/h2H,1,3H2,(H3,7,8,9,11). The first kappa shape index (κ1) is 10.8. The number of carbonyl (C=O) groups is 1. The number of nitrogens with one attached hydrogen (secondary N) is 1. The lowest BCUT2D eigenvalue weighted by Crippen LogP contribution is -2.18. The van der Waals surface area contributed by atoms with Crippen LogP contribution in [0.4, 0.5) is 9.93 Å². The number of carbonyl (C=O) groups excluding carboxylic acids is 1. The summed E-state index contributed by atoms with van der Waals surface area (Å²) >= 11 is 1.03. The normalized spacial score (nSPS) is 12.0. The van der Waals surface area contributed by atoms with Crippen LogP contribution in [0, 0.1) is 0 Å². The number of amides is 2. The highest BCUT2D eigenvalue weighted by molar-refractivity contribution is 7.87. The number of anilines is 1. The van der Waals surface area contributed by atoms with Crippen LogP contribution in [0.2, 0.25) is 0 Å². The number of aromatic nitrogens is 2. The maximum atomic E-state index is 11.3. The molecule has 1 unspecified atom stereocenters. The molecule has 76 valence electrons. The number of nitrogens with zero attached hydrogens (tertiary/aromatic N) is 2. The van der Waals surface area contributed by atoms with E-state index in [1.165, 1.54) is 6.08 Å². The van der Waals surface area contributed by atoms with Gasteiger partial charge in [0.05, 0.1) is 10.8 Å². The van der Waals surface area contributed by atoms with Crippen LogP contribution < -0.4 is 11.1 Å². The number of rotatable bonds is 4. The molecule has 0 radical (unpaired) electrons. The fourth-order valence-corrected chi connectivity index (χ4v) is 2.42. The van der Waals surface area contributed by atoms with Crippen molar-refractivity contribution in [1.82, 2.24) is 10.2 Å². The van der Waals surface area contributed by atoms with Crippen LogP contribution in [0.3, 0.4) is 0 Å². The summed E-state index contributed by atoms with van der Waals surface area (Å²) in [6, 6.07) is -0.720. The Bertz CT molecular complexity index is 376. The third-order valence-electron chi connectivity index (χ3n) is 1.10. The average Bonchev–Trinajstić information content (AvgIpc) is 2.52. The molecule has 1 heterocycles. The first-order valence-electron chi connectivity index (χ1n) is 3.52. The van der Waals surface area contributed by atoms with Gasteiger partial charge in [-0.15, -0.1) is 16.8 Å². The lowest BCUT2D eigenvalue weighted by molar-refractivity contribution is 0.259. The largest absolute Gasteiger partial charge is 0.351 e. The van der Waals surface area contributed by atoms with E-state index >= 15 is 0 Å². The van der Waals surface area contributed by atoms with E-state index in [0.29, 0.717) is 10.1 Å². The minimum atomic E-state index is -1.24. The van der Waals surface area contributed by atoms with Crippen molar-refractivity contribution in [2.75, 3.05) is 11.1 Å². The number of urea groups is 1. The maximum Gasteiger partial charge on any atom is 0.318 e. The zero-order chi connectivity index (χ0) is 10.6. The lowest BCUT2D eigenvalue weighted by Gasteiger charge is -1.91. The van der Waals surface area contributed by atoms with Gasteiger partial charge in [-0.3, -0.25) is 9.53 Å². The number of primary amides is 1. The van der Waals surface area contributed by atoms with E-state index in [1.807, 2.05) is 0 Å². The van der Waals surface area contributed by atoms with Crippen molar-refractivity contribution in [1.29, 1.82) is 0 Å². The Morgan fingerprint density at radius 1 is 1.71 bits per heavy atom. The quantitative estimate of drug-likeness (QED) is 0.577. The molecule has 0 aliphatic carbocycles. The molecular formula is C6H8N4O2S2. The second-order valence-corrected chi connectivity index (χ2v) is 4.81. The fraction of sp³-hybridized carbons (Fsp3) is 0.167. The molecule has 0 saturated carbocycles. The summed E-state index contributed by atoms with van der Waals surface area (Å²) < 4.78 is 11.7. The summed E-state index contributed by atoms with van der Waals surface area (Å²) in [7, 11) is -1.24. The highest BCUT2D eigenvalue weighted by Crippen LogP contribution is 2.18. The highest BCUT2D eigenvalue weighted by atomic mass is 32.2. The maximum absolute atomic E-state index is 11.3. The van der Waals surface area contributed by atoms with Crippen molar-refractivity contribution >= 4 is 33.3 Å². The van der Waals surface area contributed by atoms with Gasteiger partial charge in [-0.2, -0.15) is 0 Å². The minimum absolute atomic E-state index is 0.241. The number of nitrogens with two attached hydrogens (primary N) is 1. The van der Waals surface area contributed by atoms with E-state index < -0.39 is 16.8 Å². The first-order valence-corrected chi connectivity index (χ1v) is 5.66. The smallest absolute Gasteiger partial charge is 0.318 e. The lowest BCUT2D eigenvalue weighted by atomic mass is 10.8. The number of hydrogen-bond donors (Lipinski definition) is 2. The van der Waals surface area contributed by atoms with E-state index in [9.17, 15) is 9.00 Å². The van der Waals surface area contributed by atoms with Crippen LogP contribution in [0.15, 0.2) is 17.0 Å². The van der Waals surface area contributed by atoms with Crippen LogP contribution in [0.1, 0.15) is 0 Å². The van der Waals surface area contributed by atoms with Crippen LogP contribution in [0.25, 0.3) is 0 Å². The molecule has 0 aromatic carbocycles. The third-order valence-corrected chi connectivity index (χ3v) is 3.55. The summed E-state index contributed by atoms with van der Waals surface area (Å²) in [5, 5.41) is 9.71. The Morgan fingerprint density at radius 2 is 2.43 bits per heavy atom. The molecule has 1 aromatic rings. The molecule has 0 aliphatic rings. The van der Waals surface area contributed by atoms with Crippen LogP contribution in [-0.4, -0.2) is 26.2 Å². The monoisotopic (exact) mass is 232 g/mol. The predicted molar refractivity (Wildman–Crippen MR) is 54.6 cm³/mol. The summed E-state index contributed by atoms with van der Waals surface area (Å²) in [5.41, 5.74) is 4.87. The molecule has 3 N–H and O–H groups in total. The van der Waals surface area contributed by atoms with Crippen LogP contribution in [-0.2, 0) is 10.8 Å². The molecular weight excluding hydrogens is 224 g/mol. The molecule has 0 fully saturated rings. The van der Waals surface area contributed by atoms with Gasteiger partial charge in [0, 0.05) is 5.75 Å². The molecule has 1 aromatic heterocycles. The molecule has 1 atom stereocenters. The average molecular weight is 232 g/mol. The Labute approximate surface area is 86.7 Å². The number of hydrogen-bond acceptors (Lipinski definition) is 5. The van der Waals surface area contributed by atoms with Crippen LogP contribution in [0.5, 0.6) is 0 Å². The summed E-state index contributed by atoms with van der Waals surface area (Å²) in [6.45, 7) is 3.46. The molecule has 14 heavy (non-hydrogen) atoms. The predicted octanol–water partition coefficient (Wildman–Crippen LogP) is 0.322. The Hall–Kier alpha value is -1.28. The molecule has 6 nitrogen and oxygen atoms in total. The van der Waals surface area contributed by atoms with E-state index in [1.54, 1.807) is 0 Å². The fourth-order valence-electron chi connectivity index (χ4n) is 0.636.